The maximum atomic E-state index is 11.7. The van der Waals surface area contributed by atoms with Gasteiger partial charge in [-0.25, -0.2) is 4.98 Å². The highest BCUT2D eigenvalue weighted by Gasteiger charge is 2.35. The number of fused-ring (bicyclic) bond motifs is 1. The smallest absolute Gasteiger partial charge is 0.284 e. The highest BCUT2D eigenvalue weighted by molar-refractivity contribution is 6.30. The van der Waals surface area contributed by atoms with Crippen LogP contribution in [0.2, 0.25) is 10.0 Å². The molecule has 2 aliphatic rings. The number of imidazole rings is 1. The summed E-state index contributed by atoms with van der Waals surface area (Å²) in [6, 6.07) is 24.4. The van der Waals surface area contributed by atoms with Crippen LogP contribution in [0.1, 0.15) is 88.6 Å². The molecular weight excluding hydrogens is 579 g/mol. The van der Waals surface area contributed by atoms with Gasteiger partial charge in [-0.3, -0.25) is 9.69 Å². The first-order valence-electron chi connectivity index (χ1n) is 15.1. The number of benzene rings is 3. The molecule has 0 bridgehead atoms. The third-order valence-corrected chi connectivity index (χ3v) is 9.28. The van der Waals surface area contributed by atoms with Crippen LogP contribution < -0.4 is 5.73 Å². The predicted octanol–water partition coefficient (Wildman–Crippen LogP) is 8.28. The van der Waals surface area contributed by atoms with Crippen LogP contribution in [0.15, 0.2) is 77.2 Å². The van der Waals surface area contributed by atoms with Crippen molar-refractivity contribution < 1.29 is 9.21 Å². The molecule has 7 rings (SSSR count). The summed E-state index contributed by atoms with van der Waals surface area (Å²) in [5.41, 5.74) is 12.7. The fourth-order valence-corrected chi connectivity index (χ4v) is 6.71. The van der Waals surface area contributed by atoms with E-state index >= 15 is 0 Å². The van der Waals surface area contributed by atoms with Gasteiger partial charge in [0.2, 0.25) is 0 Å². The molecule has 1 aliphatic heterocycles. The molecule has 1 saturated carbocycles. The highest BCUT2D eigenvalue weighted by atomic mass is 35.5. The Bertz CT molecular complexity index is 1770. The molecule has 2 aromatic heterocycles. The topological polar surface area (TPSA) is 77.3 Å². The second-order valence-electron chi connectivity index (χ2n) is 11.9. The monoisotopic (exact) mass is 612 g/mol. The lowest BCUT2D eigenvalue weighted by Gasteiger charge is -2.37. The van der Waals surface area contributed by atoms with Crippen molar-refractivity contribution in [3.8, 4) is 0 Å². The summed E-state index contributed by atoms with van der Waals surface area (Å²) < 4.78 is 8.32. The number of furan rings is 1. The van der Waals surface area contributed by atoms with E-state index in [1.807, 2.05) is 30.3 Å². The molecule has 1 unspecified atom stereocenters. The number of primary amides is 1. The SMILES string of the molecule is NC(=O)c1ccc(CN2CCCCC2n2c(C3CC3)nc3c(Cc4ccc(Cl)cc4)c(Cc4ccc(Cl)cc4)ccc32)o1. The minimum absolute atomic E-state index is 0.155. The number of aromatic nitrogens is 2. The van der Waals surface area contributed by atoms with Gasteiger partial charge in [-0.1, -0.05) is 53.5 Å². The van der Waals surface area contributed by atoms with Gasteiger partial charge in [0.1, 0.15) is 11.6 Å². The van der Waals surface area contributed by atoms with E-state index in [1.54, 1.807) is 6.07 Å². The fourth-order valence-electron chi connectivity index (χ4n) is 6.46. The normalized spacial score (nSPS) is 17.5. The maximum absolute atomic E-state index is 11.7. The first-order valence-corrected chi connectivity index (χ1v) is 15.8. The summed E-state index contributed by atoms with van der Waals surface area (Å²) in [5.74, 6) is 2.08. The molecule has 2 fully saturated rings. The molecule has 1 aliphatic carbocycles. The fraction of sp³-hybridized carbons (Fsp3) is 0.314. The van der Waals surface area contributed by atoms with Crippen LogP contribution >= 0.6 is 23.2 Å². The van der Waals surface area contributed by atoms with Crippen molar-refractivity contribution in [1.29, 1.82) is 0 Å². The lowest BCUT2D eigenvalue weighted by atomic mass is 9.94. The standard InChI is InChI=1S/C35H34Cl2N4O2/c36-26-11-4-22(5-12-26)19-25-10-16-30-33(29(25)20-23-6-13-27(37)14-7-23)39-35(24-8-9-24)41(30)32-3-1-2-18-40(32)21-28-15-17-31(43-28)34(38)42/h4-7,10-17,24,32H,1-3,8-9,18-21H2,(H2,38,42). The number of likely N-dealkylation sites (tertiary alicyclic amines) is 1. The number of nitrogens with zero attached hydrogens (tertiary/aromatic N) is 3. The molecule has 3 heterocycles. The molecule has 1 atom stereocenters. The summed E-state index contributed by atoms with van der Waals surface area (Å²) in [4.78, 5) is 19.6. The Morgan fingerprint density at radius 2 is 1.56 bits per heavy atom. The summed E-state index contributed by atoms with van der Waals surface area (Å²) in [7, 11) is 0. The average Bonchev–Trinajstić information content (AvgIpc) is 3.62. The molecule has 5 aromatic rings. The second kappa shape index (κ2) is 11.8. The maximum Gasteiger partial charge on any atom is 0.284 e. The third kappa shape index (κ3) is 5.97. The van der Waals surface area contributed by atoms with Crippen molar-refractivity contribution >= 4 is 40.1 Å². The number of rotatable bonds is 9. The molecule has 0 spiro atoms. The van der Waals surface area contributed by atoms with Crippen molar-refractivity contribution in [2.75, 3.05) is 6.54 Å². The van der Waals surface area contributed by atoms with E-state index in [9.17, 15) is 4.79 Å². The van der Waals surface area contributed by atoms with Crippen molar-refractivity contribution in [3.05, 3.63) is 122 Å². The van der Waals surface area contributed by atoms with E-state index in [0.29, 0.717) is 12.5 Å². The molecule has 2 N–H and O–H groups in total. The number of carbonyl (C=O) groups is 1. The van der Waals surface area contributed by atoms with Crippen LogP contribution in [0.4, 0.5) is 0 Å². The minimum Gasteiger partial charge on any atom is -0.455 e. The van der Waals surface area contributed by atoms with Gasteiger partial charge in [0.25, 0.3) is 5.91 Å². The Balaban J connectivity index is 1.32. The summed E-state index contributed by atoms with van der Waals surface area (Å²) >= 11 is 12.4. The zero-order valence-corrected chi connectivity index (χ0v) is 25.5. The number of halogens is 2. The minimum atomic E-state index is -0.541. The molecule has 8 heteroatoms. The van der Waals surface area contributed by atoms with E-state index < -0.39 is 5.91 Å². The number of nitrogens with two attached hydrogens (primary N) is 1. The lowest BCUT2D eigenvalue weighted by molar-refractivity contribution is 0.0793. The Hall–Kier alpha value is -3.58. The van der Waals surface area contributed by atoms with Crippen LogP contribution in [-0.2, 0) is 19.4 Å². The van der Waals surface area contributed by atoms with Gasteiger partial charge < -0.3 is 14.7 Å². The van der Waals surface area contributed by atoms with Crippen LogP contribution in [0.3, 0.4) is 0 Å². The van der Waals surface area contributed by atoms with Crippen LogP contribution in [0.5, 0.6) is 0 Å². The van der Waals surface area contributed by atoms with E-state index in [2.05, 4.69) is 45.9 Å². The van der Waals surface area contributed by atoms with E-state index in [0.717, 1.165) is 60.0 Å². The number of amides is 1. The average molecular weight is 614 g/mol. The van der Waals surface area contributed by atoms with Crippen LogP contribution in [0.25, 0.3) is 11.0 Å². The molecule has 1 saturated heterocycles. The molecule has 0 radical (unpaired) electrons. The van der Waals surface area contributed by atoms with Crippen molar-refractivity contribution in [2.24, 2.45) is 5.73 Å². The number of piperidine rings is 1. The first-order chi connectivity index (χ1) is 20.9. The number of carbonyl (C=O) groups excluding carboxylic acids is 1. The van der Waals surface area contributed by atoms with Gasteiger partial charge in [0.15, 0.2) is 5.76 Å². The summed E-state index contributed by atoms with van der Waals surface area (Å²) in [6.07, 6.45) is 7.38. The van der Waals surface area contributed by atoms with Gasteiger partial charge in [0.05, 0.1) is 23.7 Å². The third-order valence-electron chi connectivity index (χ3n) is 8.78. The highest BCUT2D eigenvalue weighted by Crippen LogP contribution is 2.44. The van der Waals surface area contributed by atoms with Gasteiger partial charge in [-0.05, 0) is 110 Å². The van der Waals surface area contributed by atoms with E-state index in [-0.39, 0.29) is 11.9 Å². The van der Waals surface area contributed by atoms with Gasteiger partial charge in [0, 0.05) is 22.5 Å². The van der Waals surface area contributed by atoms with Crippen LogP contribution in [0, 0.1) is 0 Å². The molecule has 43 heavy (non-hydrogen) atoms. The first kappa shape index (κ1) is 28.2. The molecule has 220 valence electrons. The predicted molar refractivity (Wildman–Crippen MR) is 171 cm³/mol. The Kier molecular flexibility index (Phi) is 7.76. The van der Waals surface area contributed by atoms with Crippen molar-refractivity contribution in [3.63, 3.8) is 0 Å². The molecule has 1 amide bonds. The summed E-state index contributed by atoms with van der Waals surface area (Å²) in [6.45, 7) is 1.57. The van der Waals surface area contributed by atoms with Gasteiger partial charge >= 0.3 is 0 Å². The van der Waals surface area contributed by atoms with Crippen LogP contribution in [-0.4, -0.2) is 26.9 Å². The molecule has 3 aromatic carbocycles. The van der Waals surface area contributed by atoms with Crippen molar-refractivity contribution in [1.82, 2.24) is 14.5 Å². The largest absolute Gasteiger partial charge is 0.455 e. The Morgan fingerprint density at radius 1 is 0.860 bits per heavy atom. The number of hydrogen-bond acceptors (Lipinski definition) is 4. The quantitative estimate of drug-likeness (QED) is 0.182. The van der Waals surface area contributed by atoms with E-state index in [1.165, 1.54) is 46.4 Å². The lowest BCUT2D eigenvalue weighted by Crippen LogP contribution is -2.37. The molecule has 6 nitrogen and oxygen atoms in total. The second-order valence-corrected chi connectivity index (χ2v) is 12.7. The zero-order valence-electron chi connectivity index (χ0n) is 23.9. The molecular formula is C35H34Cl2N4O2. The summed E-state index contributed by atoms with van der Waals surface area (Å²) in [5, 5.41) is 1.48. The number of hydrogen-bond donors (Lipinski definition) is 1. The zero-order chi connectivity index (χ0) is 29.5. The Morgan fingerprint density at radius 3 is 2.21 bits per heavy atom. The van der Waals surface area contributed by atoms with Gasteiger partial charge in [-0.2, -0.15) is 0 Å². The van der Waals surface area contributed by atoms with Crippen molar-refractivity contribution in [2.45, 2.75) is 63.6 Å². The van der Waals surface area contributed by atoms with E-state index in [4.69, 9.17) is 38.3 Å². The van der Waals surface area contributed by atoms with Gasteiger partial charge in [-0.15, -0.1) is 0 Å². The Labute approximate surface area is 261 Å².